The Bertz CT molecular complexity index is 381. The first-order valence-corrected chi connectivity index (χ1v) is 4.54. The van der Waals surface area contributed by atoms with Crippen molar-refractivity contribution in [1.29, 1.82) is 5.26 Å². The number of nitrogens with zero attached hydrogens (tertiary/aromatic N) is 1. The minimum Gasteiger partial charge on any atom is -0.485 e. The molecule has 0 amide bonds. The van der Waals surface area contributed by atoms with Gasteiger partial charge < -0.3 is 4.74 Å². The Morgan fingerprint density at radius 1 is 1.64 bits per heavy atom. The second-order valence-corrected chi connectivity index (χ2v) is 3.25. The molecule has 1 aromatic carbocycles. The standard InChI is InChI=1S/C11H10ClNO/c1-3-8(2)14-11-6-10(12)5-4-9(11)7-13/h3-6,8H,1H2,2H3. The fourth-order valence-corrected chi connectivity index (χ4v) is 1.10. The number of rotatable bonds is 3. The van der Waals surface area contributed by atoms with Gasteiger partial charge in [-0.25, -0.2) is 0 Å². The van der Waals surface area contributed by atoms with E-state index in [-0.39, 0.29) is 6.10 Å². The van der Waals surface area contributed by atoms with Gasteiger partial charge in [-0.05, 0) is 19.1 Å². The highest BCUT2D eigenvalue weighted by Gasteiger charge is 2.06. The predicted octanol–water partition coefficient (Wildman–Crippen LogP) is 3.16. The molecular weight excluding hydrogens is 198 g/mol. The number of benzene rings is 1. The fourth-order valence-electron chi connectivity index (χ4n) is 0.934. The summed E-state index contributed by atoms with van der Waals surface area (Å²) < 4.78 is 5.44. The van der Waals surface area contributed by atoms with Crippen LogP contribution in [0.25, 0.3) is 0 Å². The van der Waals surface area contributed by atoms with Crippen LogP contribution in [-0.2, 0) is 0 Å². The number of halogens is 1. The number of hydrogen-bond donors (Lipinski definition) is 0. The highest BCUT2D eigenvalue weighted by atomic mass is 35.5. The van der Waals surface area contributed by atoms with Crippen molar-refractivity contribution in [2.75, 3.05) is 0 Å². The Morgan fingerprint density at radius 2 is 2.36 bits per heavy atom. The zero-order valence-corrected chi connectivity index (χ0v) is 8.58. The van der Waals surface area contributed by atoms with Crippen LogP contribution in [0.2, 0.25) is 5.02 Å². The summed E-state index contributed by atoms with van der Waals surface area (Å²) in [6.07, 6.45) is 1.52. The van der Waals surface area contributed by atoms with Gasteiger partial charge in [-0.2, -0.15) is 5.26 Å². The van der Waals surface area contributed by atoms with E-state index in [9.17, 15) is 0 Å². The van der Waals surface area contributed by atoms with Crippen LogP contribution in [0.4, 0.5) is 0 Å². The molecule has 0 aliphatic rings. The molecule has 0 aromatic heterocycles. The van der Waals surface area contributed by atoms with Crippen LogP contribution in [0.15, 0.2) is 30.9 Å². The van der Waals surface area contributed by atoms with Crippen molar-refractivity contribution in [3.63, 3.8) is 0 Å². The molecular formula is C11H10ClNO. The molecule has 0 N–H and O–H groups in total. The quantitative estimate of drug-likeness (QED) is 0.714. The summed E-state index contributed by atoms with van der Waals surface area (Å²) in [6.45, 7) is 5.44. The Morgan fingerprint density at radius 3 is 2.93 bits per heavy atom. The lowest BCUT2D eigenvalue weighted by Gasteiger charge is -2.11. The van der Waals surface area contributed by atoms with Gasteiger partial charge in [-0.1, -0.05) is 24.3 Å². The highest BCUT2D eigenvalue weighted by molar-refractivity contribution is 6.30. The van der Waals surface area contributed by atoms with Crippen LogP contribution >= 0.6 is 11.6 Å². The van der Waals surface area contributed by atoms with Crippen molar-refractivity contribution in [2.45, 2.75) is 13.0 Å². The molecule has 0 aliphatic heterocycles. The third kappa shape index (κ3) is 2.51. The first-order chi connectivity index (χ1) is 6.67. The normalized spacial score (nSPS) is 11.5. The average molecular weight is 208 g/mol. The van der Waals surface area contributed by atoms with Crippen molar-refractivity contribution in [2.24, 2.45) is 0 Å². The van der Waals surface area contributed by atoms with Gasteiger partial charge in [-0.15, -0.1) is 0 Å². The molecule has 0 saturated carbocycles. The van der Waals surface area contributed by atoms with Crippen LogP contribution in [-0.4, -0.2) is 6.10 Å². The van der Waals surface area contributed by atoms with Crippen LogP contribution in [0, 0.1) is 11.3 Å². The lowest BCUT2D eigenvalue weighted by Crippen LogP contribution is -2.08. The SMILES string of the molecule is C=CC(C)Oc1cc(Cl)ccc1C#N. The molecule has 0 bridgehead atoms. The van der Waals surface area contributed by atoms with Gasteiger partial charge in [-0.3, -0.25) is 0 Å². The van der Waals surface area contributed by atoms with E-state index in [1.807, 2.05) is 13.0 Å². The second-order valence-electron chi connectivity index (χ2n) is 2.81. The Labute approximate surface area is 88.4 Å². The average Bonchev–Trinajstić information content (AvgIpc) is 2.18. The molecule has 0 heterocycles. The summed E-state index contributed by atoms with van der Waals surface area (Å²) in [5, 5.41) is 9.35. The molecule has 2 nitrogen and oxygen atoms in total. The first kappa shape index (κ1) is 10.6. The van der Waals surface area contributed by atoms with E-state index in [2.05, 4.69) is 6.58 Å². The highest BCUT2D eigenvalue weighted by Crippen LogP contribution is 2.23. The van der Waals surface area contributed by atoms with Crippen LogP contribution in [0.3, 0.4) is 0 Å². The van der Waals surface area contributed by atoms with Crippen molar-refractivity contribution >= 4 is 11.6 Å². The molecule has 0 radical (unpaired) electrons. The molecule has 0 spiro atoms. The lowest BCUT2D eigenvalue weighted by atomic mass is 10.2. The van der Waals surface area contributed by atoms with E-state index >= 15 is 0 Å². The van der Waals surface area contributed by atoms with Gasteiger partial charge in [0.2, 0.25) is 0 Å². The minimum atomic E-state index is -0.138. The summed E-state index contributed by atoms with van der Waals surface area (Å²) in [5.74, 6) is 0.493. The number of nitriles is 1. The van der Waals surface area contributed by atoms with E-state index in [1.54, 1.807) is 24.3 Å². The van der Waals surface area contributed by atoms with Crippen LogP contribution < -0.4 is 4.74 Å². The molecule has 1 aromatic rings. The smallest absolute Gasteiger partial charge is 0.139 e. The molecule has 1 rings (SSSR count). The second kappa shape index (κ2) is 4.69. The van der Waals surface area contributed by atoms with E-state index in [0.717, 1.165) is 0 Å². The van der Waals surface area contributed by atoms with Crippen molar-refractivity contribution in [1.82, 2.24) is 0 Å². The molecule has 3 heteroatoms. The monoisotopic (exact) mass is 207 g/mol. The molecule has 14 heavy (non-hydrogen) atoms. The van der Waals surface area contributed by atoms with Gasteiger partial charge in [0.1, 0.15) is 17.9 Å². The maximum Gasteiger partial charge on any atom is 0.139 e. The first-order valence-electron chi connectivity index (χ1n) is 4.16. The Balaban J connectivity index is 3.00. The zero-order valence-electron chi connectivity index (χ0n) is 7.83. The summed E-state index contributed by atoms with van der Waals surface area (Å²) in [4.78, 5) is 0. The van der Waals surface area contributed by atoms with Crippen molar-refractivity contribution in [3.8, 4) is 11.8 Å². The number of hydrogen-bond acceptors (Lipinski definition) is 2. The van der Waals surface area contributed by atoms with E-state index in [0.29, 0.717) is 16.3 Å². The van der Waals surface area contributed by atoms with Gasteiger partial charge in [0, 0.05) is 11.1 Å². The third-order valence-electron chi connectivity index (χ3n) is 1.71. The predicted molar refractivity (Wildman–Crippen MR) is 56.5 cm³/mol. The maximum atomic E-state index is 8.80. The van der Waals surface area contributed by atoms with Gasteiger partial charge in [0.05, 0.1) is 5.56 Å². The Hall–Kier alpha value is -1.46. The fraction of sp³-hybridized carbons (Fsp3) is 0.182. The summed E-state index contributed by atoms with van der Waals surface area (Å²) in [5.41, 5.74) is 0.475. The molecule has 1 atom stereocenters. The minimum absolute atomic E-state index is 0.138. The van der Waals surface area contributed by atoms with E-state index in [1.165, 1.54) is 0 Å². The summed E-state index contributed by atoms with van der Waals surface area (Å²) in [7, 11) is 0. The summed E-state index contributed by atoms with van der Waals surface area (Å²) >= 11 is 5.79. The van der Waals surface area contributed by atoms with Gasteiger partial charge in [0.15, 0.2) is 0 Å². The summed E-state index contributed by atoms with van der Waals surface area (Å²) in [6, 6.07) is 6.95. The van der Waals surface area contributed by atoms with E-state index in [4.69, 9.17) is 21.6 Å². The molecule has 1 unspecified atom stereocenters. The van der Waals surface area contributed by atoms with Gasteiger partial charge >= 0.3 is 0 Å². The van der Waals surface area contributed by atoms with E-state index < -0.39 is 0 Å². The van der Waals surface area contributed by atoms with Gasteiger partial charge in [0.25, 0.3) is 0 Å². The molecule has 0 fully saturated rings. The van der Waals surface area contributed by atoms with Crippen molar-refractivity contribution in [3.05, 3.63) is 41.4 Å². The topological polar surface area (TPSA) is 33.0 Å². The van der Waals surface area contributed by atoms with Crippen molar-refractivity contribution < 1.29 is 4.74 Å². The third-order valence-corrected chi connectivity index (χ3v) is 1.94. The lowest BCUT2D eigenvalue weighted by molar-refractivity contribution is 0.269. The number of ether oxygens (including phenoxy) is 1. The molecule has 0 saturated heterocycles. The molecule has 0 aliphatic carbocycles. The molecule has 72 valence electrons. The Kier molecular flexibility index (Phi) is 3.55. The maximum absolute atomic E-state index is 8.80. The largest absolute Gasteiger partial charge is 0.485 e. The zero-order chi connectivity index (χ0) is 10.6. The van der Waals surface area contributed by atoms with Crippen LogP contribution in [0.5, 0.6) is 5.75 Å². The van der Waals surface area contributed by atoms with Crippen LogP contribution in [0.1, 0.15) is 12.5 Å².